The van der Waals surface area contributed by atoms with E-state index in [0.717, 1.165) is 24.4 Å². The molecular weight excluding hydrogens is 280 g/mol. The van der Waals surface area contributed by atoms with Gasteiger partial charge in [0.25, 0.3) is 0 Å². The van der Waals surface area contributed by atoms with Gasteiger partial charge in [-0.3, -0.25) is 4.68 Å². The molecule has 6 heteroatoms. The van der Waals surface area contributed by atoms with Crippen LogP contribution in [0.1, 0.15) is 38.7 Å². The molecule has 124 valence electrons. The van der Waals surface area contributed by atoms with Crippen LogP contribution in [0, 0.1) is 11.8 Å². The number of ether oxygens (including phenoxy) is 1. The second kappa shape index (κ2) is 8.17. The molecule has 3 atom stereocenters. The average molecular weight is 308 g/mol. The van der Waals surface area contributed by atoms with Crippen molar-refractivity contribution in [3.63, 3.8) is 0 Å². The van der Waals surface area contributed by atoms with Gasteiger partial charge in [0.2, 0.25) is 0 Å². The summed E-state index contributed by atoms with van der Waals surface area (Å²) in [6.07, 6.45) is 7.18. The van der Waals surface area contributed by atoms with Crippen LogP contribution >= 0.6 is 0 Å². The molecule has 1 fully saturated rings. The molecule has 1 aromatic heterocycles. The molecule has 2 N–H and O–H groups in total. The third-order valence-electron chi connectivity index (χ3n) is 4.41. The molecule has 0 saturated heterocycles. The average Bonchev–Trinajstić information content (AvgIpc) is 2.94. The number of carbonyl (C=O) groups excluding carboxylic acids is 1. The Labute approximate surface area is 132 Å². The van der Waals surface area contributed by atoms with E-state index in [1.54, 1.807) is 13.3 Å². The molecular formula is C16H28N4O2. The number of nitrogens with zero attached hydrogens (tertiary/aromatic N) is 2. The highest BCUT2D eigenvalue weighted by atomic mass is 16.5. The van der Waals surface area contributed by atoms with Gasteiger partial charge >= 0.3 is 6.03 Å². The van der Waals surface area contributed by atoms with Crippen molar-refractivity contribution in [2.45, 2.75) is 52.2 Å². The topological polar surface area (TPSA) is 68.2 Å². The first-order chi connectivity index (χ1) is 10.6. The number of nitrogens with one attached hydrogen (secondary N) is 2. The van der Waals surface area contributed by atoms with Gasteiger partial charge in [-0.2, -0.15) is 5.10 Å². The number of urea groups is 1. The Balaban J connectivity index is 1.72. The van der Waals surface area contributed by atoms with Crippen molar-refractivity contribution >= 4 is 6.03 Å². The minimum absolute atomic E-state index is 0.0870. The number of methoxy groups -OCH3 is 1. The summed E-state index contributed by atoms with van der Waals surface area (Å²) >= 11 is 0. The molecule has 2 rings (SSSR count). The third kappa shape index (κ3) is 5.02. The summed E-state index contributed by atoms with van der Waals surface area (Å²) in [4.78, 5) is 12.0. The number of aromatic nitrogens is 2. The Morgan fingerprint density at radius 2 is 2.27 bits per heavy atom. The summed E-state index contributed by atoms with van der Waals surface area (Å²) < 4.78 is 6.84. The fraction of sp³-hybridized carbons (Fsp3) is 0.750. The third-order valence-corrected chi connectivity index (χ3v) is 4.41. The summed E-state index contributed by atoms with van der Waals surface area (Å²) in [7, 11) is 1.67. The molecule has 1 heterocycles. The summed E-state index contributed by atoms with van der Waals surface area (Å²) in [6.45, 7) is 6.36. The van der Waals surface area contributed by atoms with Crippen molar-refractivity contribution in [3.05, 3.63) is 18.0 Å². The van der Waals surface area contributed by atoms with Crippen LogP contribution in [0.3, 0.4) is 0 Å². The first-order valence-corrected chi connectivity index (χ1v) is 8.13. The number of carbonyl (C=O) groups is 1. The van der Waals surface area contributed by atoms with Crippen LogP contribution in [-0.4, -0.2) is 35.6 Å². The van der Waals surface area contributed by atoms with Crippen molar-refractivity contribution < 1.29 is 9.53 Å². The number of rotatable bonds is 6. The standard InChI is InChI=1S/C16H28N4O2/c1-12-4-5-15(13(2)8-12)19-16(21)17-9-14-10-18-20(11-14)6-7-22-3/h10-13,15H,4-9H2,1-3H3,(H2,17,19,21)/t12-,13+,15+/m0/s1. The molecule has 2 amide bonds. The maximum Gasteiger partial charge on any atom is 0.315 e. The molecule has 0 aromatic carbocycles. The predicted molar refractivity (Wildman–Crippen MR) is 85.4 cm³/mol. The summed E-state index contributed by atoms with van der Waals surface area (Å²) in [5, 5.41) is 10.2. The molecule has 1 aliphatic rings. The summed E-state index contributed by atoms with van der Waals surface area (Å²) in [6, 6.07) is 0.205. The highest BCUT2D eigenvalue weighted by Gasteiger charge is 2.26. The smallest absolute Gasteiger partial charge is 0.315 e. The lowest BCUT2D eigenvalue weighted by molar-refractivity contribution is 0.183. The van der Waals surface area contributed by atoms with Gasteiger partial charge in [0.1, 0.15) is 0 Å². The second-order valence-corrected chi connectivity index (χ2v) is 6.43. The zero-order valence-electron chi connectivity index (χ0n) is 13.8. The molecule has 1 saturated carbocycles. The van der Waals surface area contributed by atoms with E-state index in [9.17, 15) is 4.79 Å². The predicted octanol–water partition coefficient (Wildman–Crippen LogP) is 2.15. The van der Waals surface area contributed by atoms with Gasteiger partial charge in [-0.25, -0.2) is 4.79 Å². The molecule has 0 radical (unpaired) electrons. The maximum absolute atomic E-state index is 12.0. The van der Waals surface area contributed by atoms with Crippen molar-refractivity contribution in [3.8, 4) is 0 Å². The van der Waals surface area contributed by atoms with E-state index < -0.39 is 0 Å². The fourth-order valence-corrected chi connectivity index (χ4v) is 3.09. The highest BCUT2D eigenvalue weighted by molar-refractivity contribution is 5.74. The van der Waals surface area contributed by atoms with Gasteiger partial charge in [0, 0.05) is 31.5 Å². The number of amides is 2. The minimum atomic E-state index is -0.0870. The van der Waals surface area contributed by atoms with E-state index in [2.05, 4.69) is 29.6 Å². The maximum atomic E-state index is 12.0. The zero-order chi connectivity index (χ0) is 15.9. The largest absolute Gasteiger partial charge is 0.383 e. The van der Waals surface area contributed by atoms with E-state index in [1.807, 2.05) is 10.9 Å². The van der Waals surface area contributed by atoms with Crippen molar-refractivity contribution in [1.29, 1.82) is 0 Å². The molecule has 6 nitrogen and oxygen atoms in total. The Morgan fingerprint density at radius 1 is 1.45 bits per heavy atom. The molecule has 1 aromatic rings. The van der Waals surface area contributed by atoms with E-state index in [-0.39, 0.29) is 6.03 Å². The molecule has 0 bridgehead atoms. The normalized spacial score (nSPS) is 25.0. The van der Waals surface area contributed by atoms with Crippen LogP contribution in [0.2, 0.25) is 0 Å². The molecule has 0 spiro atoms. The molecule has 0 unspecified atom stereocenters. The summed E-state index contributed by atoms with van der Waals surface area (Å²) in [5.74, 6) is 1.32. The number of hydrogen-bond acceptors (Lipinski definition) is 3. The van der Waals surface area contributed by atoms with Gasteiger partial charge in [-0.15, -0.1) is 0 Å². The van der Waals surface area contributed by atoms with Crippen molar-refractivity contribution in [1.82, 2.24) is 20.4 Å². The van der Waals surface area contributed by atoms with Crippen LogP contribution in [0.25, 0.3) is 0 Å². The second-order valence-electron chi connectivity index (χ2n) is 6.43. The number of hydrogen-bond donors (Lipinski definition) is 2. The van der Waals surface area contributed by atoms with Crippen molar-refractivity contribution in [2.75, 3.05) is 13.7 Å². The van der Waals surface area contributed by atoms with Gasteiger partial charge in [0.05, 0.1) is 19.3 Å². The fourth-order valence-electron chi connectivity index (χ4n) is 3.09. The van der Waals surface area contributed by atoms with Gasteiger partial charge in [-0.05, 0) is 31.1 Å². The van der Waals surface area contributed by atoms with E-state index >= 15 is 0 Å². The monoisotopic (exact) mass is 308 g/mol. The van der Waals surface area contributed by atoms with E-state index in [4.69, 9.17) is 4.74 Å². The van der Waals surface area contributed by atoms with Crippen LogP contribution in [-0.2, 0) is 17.8 Å². The quantitative estimate of drug-likeness (QED) is 0.846. The first-order valence-electron chi connectivity index (χ1n) is 8.13. The molecule has 22 heavy (non-hydrogen) atoms. The van der Waals surface area contributed by atoms with Crippen LogP contribution in [0.15, 0.2) is 12.4 Å². The first kappa shape index (κ1) is 16.8. The van der Waals surface area contributed by atoms with Crippen LogP contribution in [0.4, 0.5) is 4.79 Å². The van der Waals surface area contributed by atoms with Gasteiger partial charge in [0.15, 0.2) is 0 Å². The lowest BCUT2D eigenvalue weighted by atomic mass is 9.80. The van der Waals surface area contributed by atoms with Crippen LogP contribution < -0.4 is 10.6 Å². The van der Waals surface area contributed by atoms with E-state index in [0.29, 0.717) is 25.1 Å². The Bertz CT molecular complexity index is 474. The van der Waals surface area contributed by atoms with Gasteiger partial charge in [-0.1, -0.05) is 13.8 Å². The molecule has 1 aliphatic carbocycles. The lowest BCUT2D eigenvalue weighted by Crippen LogP contribution is -2.46. The van der Waals surface area contributed by atoms with Gasteiger partial charge < -0.3 is 15.4 Å². The molecule has 0 aliphatic heterocycles. The Hall–Kier alpha value is -1.56. The van der Waals surface area contributed by atoms with E-state index in [1.165, 1.54) is 12.8 Å². The zero-order valence-corrected chi connectivity index (χ0v) is 13.8. The van der Waals surface area contributed by atoms with Crippen LogP contribution in [0.5, 0.6) is 0 Å². The SMILES string of the molecule is COCCn1cc(CNC(=O)N[C@@H]2CC[C@H](C)C[C@H]2C)cn1. The highest BCUT2D eigenvalue weighted by Crippen LogP contribution is 2.28. The summed E-state index contributed by atoms with van der Waals surface area (Å²) in [5.41, 5.74) is 0.997. The van der Waals surface area contributed by atoms with Crippen molar-refractivity contribution in [2.24, 2.45) is 11.8 Å². The Kier molecular flexibility index (Phi) is 6.24. The Morgan fingerprint density at radius 3 is 3.00 bits per heavy atom. The minimum Gasteiger partial charge on any atom is -0.383 e. The lowest BCUT2D eigenvalue weighted by Gasteiger charge is -2.33.